The zero-order chi connectivity index (χ0) is 8.39. The zero-order valence-corrected chi connectivity index (χ0v) is 9.99. The van der Waals surface area contributed by atoms with Crippen molar-refractivity contribution in [2.75, 3.05) is 0 Å². The molecule has 0 nitrogen and oxygen atoms in total. The summed E-state index contributed by atoms with van der Waals surface area (Å²) < 4.78 is 1.45. The molecule has 2 rings (SSSR count). The first-order valence-electron chi connectivity index (χ1n) is 3.70. The molecule has 2 heteroatoms. The van der Waals surface area contributed by atoms with Crippen molar-refractivity contribution >= 4 is 42.6 Å². The molecule has 12 heavy (non-hydrogen) atoms. The summed E-state index contributed by atoms with van der Waals surface area (Å²) in [7, 11) is 0. The molecule has 60 valence electrons. The molecular weight excluding hydrogens is 278 g/mol. The summed E-state index contributed by atoms with van der Waals surface area (Å²) in [5.74, 6) is 0. The van der Waals surface area contributed by atoms with E-state index in [1.807, 2.05) is 0 Å². The number of fused-ring (bicyclic) bond motifs is 1. The van der Waals surface area contributed by atoms with Crippen molar-refractivity contribution in [2.24, 2.45) is 0 Å². The van der Waals surface area contributed by atoms with Crippen molar-refractivity contribution in [3.8, 4) is 0 Å². The summed E-state index contributed by atoms with van der Waals surface area (Å²) in [5, 5.41) is 2.68. The van der Waals surface area contributed by atoms with Crippen molar-refractivity contribution in [3.05, 3.63) is 42.5 Å². The average molecular weight is 286 g/mol. The van der Waals surface area contributed by atoms with Gasteiger partial charge in [0, 0.05) is 0 Å². The first-order valence-corrected chi connectivity index (χ1v) is 9.31. The Balaban J connectivity index is 2.67. The molecule has 0 aliphatic heterocycles. The molecule has 0 saturated heterocycles. The fourth-order valence-electron chi connectivity index (χ4n) is 1.22. The molecule has 0 unspecified atom stereocenters. The molecule has 0 aliphatic carbocycles. The van der Waals surface area contributed by atoms with Gasteiger partial charge in [0.15, 0.2) is 0 Å². The molecule has 0 spiro atoms. The monoisotopic (exact) mass is 288 g/mol. The van der Waals surface area contributed by atoms with E-state index in [4.69, 9.17) is 0 Å². The van der Waals surface area contributed by atoms with Crippen molar-refractivity contribution < 1.29 is 0 Å². The second kappa shape index (κ2) is 3.64. The van der Waals surface area contributed by atoms with E-state index in [1.165, 1.54) is 15.2 Å². The molecule has 0 bridgehead atoms. The quantitative estimate of drug-likeness (QED) is 0.686. The van der Waals surface area contributed by atoms with Gasteiger partial charge in [-0.25, -0.2) is 0 Å². The third-order valence-electron chi connectivity index (χ3n) is 1.83. The van der Waals surface area contributed by atoms with E-state index in [0.717, 1.165) is 0 Å². The Morgan fingerprint density at radius 2 is 1.67 bits per heavy atom. The van der Waals surface area contributed by atoms with E-state index in [1.54, 1.807) is 0 Å². The molecule has 0 saturated carbocycles. The summed E-state index contributed by atoms with van der Waals surface area (Å²) >= 11 is 3.22. The molecule has 0 amide bonds. The van der Waals surface area contributed by atoms with Gasteiger partial charge in [0.25, 0.3) is 0 Å². The second-order valence-corrected chi connectivity index (χ2v) is 5.96. The predicted octanol–water partition coefficient (Wildman–Crippen LogP) is 0.985. The van der Waals surface area contributed by atoms with Crippen LogP contribution in [0.2, 0.25) is 0 Å². The Morgan fingerprint density at radius 1 is 0.917 bits per heavy atom. The third-order valence-corrected chi connectivity index (χ3v) is 5.10. The summed E-state index contributed by atoms with van der Waals surface area (Å²) in [6.07, 6.45) is 0. The molecule has 2 aromatic carbocycles. The molecule has 0 radical (unpaired) electrons. The third kappa shape index (κ3) is 1.57. The van der Waals surface area contributed by atoms with E-state index in [0.29, 0.717) is 13.1 Å². The van der Waals surface area contributed by atoms with Gasteiger partial charge in [0.1, 0.15) is 0 Å². The van der Waals surface area contributed by atoms with E-state index >= 15 is 0 Å². The molecule has 0 N–H and O–H groups in total. The van der Waals surface area contributed by atoms with Crippen LogP contribution in [0.4, 0.5) is 0 Å². The van der Waals surface area contributed by atoms with Crippen molar-refractivity contribution in [1.82, 2.24) is 0 Å². The van der Waals surface area contributed by atoms with Crippen LogP contribution in [0.5, 0.6) is 0 Å². The van der Waals surface area contributed by atoms with Crippen LogP contribution in [0.1, 0.15) is 0 Å². The fraction of sp³-hybridized carbons (Fsp3) is 0. The van der Waals surface area contributed by atoms with Crippen LogP contribution in [-0.4, -0.2) is 27.3 Å². The molecule has 0 atom stereocenters. The Labute approximate surface area is 84.9 Å². The molecule has 2 aromatic rings. The second-order valence-electron chi connectivity index (χ2n) is 2.60. The number of rotatable bonds is 1. The van der Waals surface area contributed by atoms with Gasteiger partial charge < -0.3 is 0 Å². The normalized spacial score (nSPS) is 10.4. The Kier molecular flexibility index (Phi) is 2.53. The molecule has 0 heterocycles. The Hall–Kier alpha value is -0.261. The van der Waals surface area contributed by atoms with Crippen LogP contribution in [0.15, 0.2) is 42.5 Å². The van der Waals surface area contributed by atoms with E-state index in [9.17, 15) is 0 Å². The van der Waals surface area contributed by atoms with Crippen molar-refractivity contribution in [1.29, 1.82) is 0 Å². The summed E-state index contributed by atoms with van der Waals surface area (Å²) in [5.41, 5.74) is 0. The SMILES string of the molecule is [SeH][Se]c1ccc2ccccc2c1. The number of hydrogen-bond donors (Lipinski definition) is 0. The first-order chi connectivity index (χ1) is 5.90. The Morgan fingerprint density at radius 3 is 2.42 bits per heavy atom. The first kappa shape index (κ1) is 8.34. The molecule has 0 aliphatic rings. The standard InChI is InChI=1S/C10H8Se2/c11-12-10-6-5-8-3-1-2-4-9(8)7-10/h1-7,11H. The van der Waals surface area contributed by atoms with Gasteiger partial charge in [0.05, 0.1) is 0 Å². The maximum atomic E-state index is 2.67. The van der Waals surface area contributed by atoms with Crippen LogP contribution in [0.3, 0.4) is 0 Å². The summed E-state index contributed by atoms with van der Waals surface area (Å²) in [6.45, 7) is 0. The topological polar surface area (TPSA) is 0 Å². The van der Waals surface area contributed by atoms with Gasteiger partial charge in [-0.1, -0.05) is 0 Å². The van der Waals surface area contributed by atoms with Gasteiger partial charge in [-0.05, 0) is 0 Å². The van der Waals surface area contributed by atoms with Crippen LogP contribution >= 0.6 is 0 Å². The zero-order valence-electron chi connectivity index (χ0n) is 6.40. The minimum atomic E-state index is 0.553. The van der Waals surface area contributed by atoms with Gasteiger partial charge >= 0.3 is 85.0 Å². The van der Waals surface area contributed by atoms with Crippen LogP contribution in [0, 0.1) is 0 Å². The molecule has 0 aromatic heterocycles. The van der Waals surface area contributed by atoms with Gasteiger partial charge in [0.2, 0.25) is 0 Å². The minimum absolute atomic E-state index is 0.553. The maximum absolute atomic E-state index is 2.67. The molecule has 0 fully saturated rings. The van der Waals surface area contributed by atoms with E-state index in [2.05, 4.69) is 56.7 Å². The average Bonchev–Trinajstić information content (AvgIpc) is 2.17. The summed E-state index contributed by atoms with van der Waals surface area (Å²) in [6, 6.07) is 15.2. The number of hydrogen-bond acceptors (Lipinski definition) is 0. The number of benzene rings is 2. The van der Waals surface area contributed by atoms with Crippen molar-refractivity contribution in [2.45, 2.75) is 0 Å². The van der Waals surface area contributed by atoms with Crippen LogP contribution in [0.25, 0.3) is 10.8 Å². The van der Waals surface area contributed by atoms with E-state index < -0.39 is 0 Å². The summed E-state index contributed by atoms with van der Waals surface area (Å²) in [4.78, 5) is 0. The predicted molar refractivity (Wildman–Crippen MR) is 56.5 cm³/mol. The fourth-order valence-corrected chi connectivity index (χ4v) is 3.11. The molecular formula is C10H8Se2. The van der Waals surface area contributed by atoms with Crippen molar-refractivity contribution in [3.63, 3.8) is 0 Å². The van der Waals surface area contributed by atoms with E-state index in [-0.39, 0.29) is 0 Å². The van der Waals surface area contributed by atoms with Gasteiger partial charge in [-0.2, -0.15) is 0 Å². The van der Waals surface area contributed by atoms with Gasteiger partial charge in [-0.15, -0.1) is 0 Å². The Bertz CT molecular complexity index is 396. The van der Waals surface area contributed by atoms with Crippen LogP contribution in [-0.2, 0) is 0 Å². The van der Waals surface area contributed by atoms with Crippen LogP contribution < -0.4 is 4.46 Å². The van der Waals surface area contributed by atoms with Gasteiger partial charge in [-0.3, -0.25) is 0 Å².